The van der Waals surface area contributed by atoms with Crippen LogP contribution in [-0.2, 0) is 10.1 Å². The minimum Gasteiger partial charge on any atom is -0.506 e. The first kappa shape index (κ1) is 14.4. The van der Waals surface area contributed by atoms with E-state index >= 15 is 0 Å². The van der Waals surface area contributed by atoms with Crippen LogP contribution in [0.2, 0.25) is 0 Å². The summed E-state index contributed by atoms with van der Waals surface area (Å²) >= 11 is 0. The zero-order valence-electron chi connectivity index (χ0n) is 10.2. The Balaban J connectivity index is 2.34. The molecule has 108 valence electrons. The summed E-state index contributed by atoms with van der Waals surface area (Å²) in [4.78, 5) is -0.408. The maximum Gasteiger partial charge on any atom is 0.294 e. The van der Waals surface area contributed by atoms with Crippen LogP contribution in [0, 0.1) is 11.3 Å². The Labute approximate surface area is 118 Å². The Morgan fingerprint density at radius 3 is 2.81 bits per heavy atom. The first-order valence-electron chi connectivity index (χ1n) is 5.33. The number of tetrazole rings is 1. The van der Waals surface area contributed by atoms with Gasteiger partial charge in [-0.25, -0.2) is 0 Å². The van der Waals surface area contributed by atoms with Gasteiger partial charge in [-0.2, -0.15) is 18.9 Å². The summed E-state index contributed by atoms with van der Waals surface area (Å²) < 4.78 is 31.0. The lowest BCUT2D eigenvalue weighted by atomic mass is 10.2. The molecule has 0 aliphatic heterocycles. The van der Waals surface area contributed by atoms with Crippen molar-refractivity contribution in [2.24, 2.45) is 0 Å². The molecule has 0 amide bonds. The molecule has 0 radical (unpaired) electrons. The van der Waals surface area contributed by atoms with Gasteiger partial charge in [-0.1, -0.05) is 0 Å². The fraction of sp³-hybridized carbons (Fsp3) is 0. The van der Waals surface area contributed by atoms with Crippen LogP contribution in [0.1, 0.15) is 5.82 Å². The molecule has 4 N–H and O–H groups in total. The van der Waals surface area contributed by atoms with Crippen LogP contribution in [-0.4, -0.2) is 38.7 Å². The lowest BCUT2D eigenvalue weighted by molar-refractivity contribution is 0.475. The number of rotatable bonds is 4. The highest BCUT2D eigenvalue weighted by molar-refractivity contribution is 7.85. The second-order valence-electron chi connectivity index (χ2n) is 3.70. The molecule has 0 aliphatic rings. The number of phenols is 1. The molecule has 1 aromatic carbocycles. The molecule has 0 aliphatic carbocycles. The molecule has 21 heavy (non-hydrogen) atoms. The van der Waals surface area contributed by atoms with Gasteiger partial charge in [-0.3, -0.25) is 4.55 Å². The van der Waals surface area contributed by atoms with Crippen molar-refractivity contribution in [2.75, 3.05) is 5.32 Å². The van der Waals surface area contributed by atoms with Gasteiger partial charge >= 0.3 is 0 Å². The molecule has 0 saturated heterocycles. The number of nitrogens with zero attached hydrogens (tertiary/aromatic N) is 4. The van der Waals surface area contributed by atoms with Crippen LogP contribution in [0.25, 0.3) is 5.57 Å². The summed E-state index contributed by atoms with van der Waals surface area (Å²) in [6.07, 6.45) is 1.16. The zero-order valence-corrected chi connectivity index (χ0v) is 11.0. The van der Waals surface area contributed by atoms with Gasteiger partial charge in [-0.05, 0) is 23.4 Å². The minimum atomic E-state index is -4.41. The van der Waals surface area contributed by atoms with Crippen molar-refractivity contribution in [2.45, 2.75) is 4.90 Å². The molecule has 1 aromatic heterocycles. The highest BCUT2D eigenvalue weighted by Crippen LogP contribution is 2.26. The number of H-pyrrole nitrogens is 1. The number of aromatic hydroxyl groups is 1. The molecular formula is C10H8N6O4S. The maximum atomic E-state index is 11.0. The number of hydrogen-bond acceptors (Lipinski definition) is 8. The lowest BCUT2D eigenvalue weighted by Crippen LogP contribution is -2.00. The Hall–Kier alpha value is -2.97. The largest absolute Gasteiger partial charge is 0.506 e. The smallest absolute Gasteiger partial charge is 0.294 e. The molecule has 0 fully saturated rings. The summed E-state index contributed by atoms with van der Waals surface area (Å²) in [6.45, 7) is 0. The normalized spacial score (nSPS) is 11.9. The van der Waals surface area contributed by atoms with Crippen molar-refractivity contribution >= 4 is 21.4 Å². The van der Waals surface area contributed by atoms with Gasteiger partial charge in [0.2, 0.25) is 5.82 Å². The fourth-order valence-corrected chi connectivity index (χ4v) is 1.87. The van der Waals surface area contributed by atoms with Crippen molar-refractivity contribution in [3.8, 4) is 11.8 Å². The average molecular weight is 308 g/mol. The number of hydrogen-bond donors (Lipinski definition) is 4. The summed E-state index contributed by atoms with van der Waals surface area (Å²) in [6, 6.07) is 4.92. The standard InChI is InChI=1S/C10H8N6O4S/c11-4-6(10-13-15-16-14-10)5-12-8-3-7(21(18,19)20)1-2-9(8)17/h1-3,5,12,17H,(H,18,19,20)(H,13,14,15,16). The number of benzene rings is 1. The number of nitrogens with one attached hydrogen (secondary N) is 2. The summed E-state index contributed by atoms with van der Waals surface area (Å²) in [5.74, 6) is -0.250. The molecule has 11 heteroatoms. The van der Waals surface area contributed by atoms with Gasteiger partial charge in [0.15, 0.2) is 0 Å². The van der Waals surface area contributed by atoms with Crippen molar-refractivity contribution in [3.63, 3.8) is 0 Å². The summed E-state index contributed by atoms with van der Waals surface area (Å²) in [5.41, 5.74) is -0.0261. The summed E-state index contributed by atoms with van der Waals surface area (Å²) in [5, 5.41) is 33.8. The van der Waals surface area contributed by atoms with Crippen LogP contribution in [0.5, 0.6) is 5.75 Å². The SMILES string of the molecule is N#CC(=CNc1cc(S(=O)(=O)O)ccc1O)c1nn[nH]n1. The van der Waals surface area contributed by atoms with E-state index in [1.165, 1.54) is 0 Å². The first-order valence-corrected chi connectivity index (χ1v) is 6.77. The third kappa shape index (κ3) is 3.32. The van der Waals surface area contributed by atoms with Gasteiger partial charge in [0.25, 0.3) is 10.1 Å². The predicted molar refractivity (Wildman–Crippen MR) is 69.3 cm³/mol. The monoisotopic (exact) mass is 308 g/mol. The third-order valence-electron chi connectivity index (χ3n) is 2.34. The van der Waals surface area contributed by atoms with Gasteiger partial charge < -0.3 is 10.4 Å². The van der Waals surface area contributed by atoms with Crippen molar-refractivity contribution < 1.29 is 18.1 Å². The third-order valence-corrected chi connectivity index (χ3v) is 3.19. The van der Waals surface area contributed by atoms with Gasteiger partial charge in [0.1, 0.15) is 17.4 Å². The average Bonchev–Trinajstić information content (AvgIpc) is 2.94. The molecule has 1 heterocycles. The Kier molecular flexibility index (Phi) is 3.83. The first-order chi connectivity index (χ1) is 9.91. The topological polar surface area (TPSA) is 165 Å². The van der Waals surface area contributed by atoms with Crippen LogP contribution in [0.3, 0.4) is 0 Å². The Bertz CT molecular complexity index is 822. The molecule has 2 aromatic rings. The quantitative estimate of drug-likeness (QED) is 0.349. The van der Waals surface area contributed by atoms with Gasteiger partial charge in [0, 0.05) is 6.20 Å². The van der Waals surface area contributed by atoms with E-state index in [1.54, 1.807) is 6.07 Å². The highest BCUT2D eigenvalue weighted by atomic mass is 32.2. The van der Waals surface area contributed by atoms with Crippen LogP contribution < -0.4 is 5.32 Å². The van der Waals surface area contributed by atoms with E-state index in [4.69, 9.17) is 9.81 Å². The van der Waals surface area contributed by atoms with Crippen LogP contribution >= 0.6 is 0 Å². The highest BCUT2D eigenvalue weighted by Gasteiger charge is 2.12. The number of aromatic amines is 1. The van der Waals surface area contributed by atoms with Gasteiger partial charge in [-0.15, -0.1) is 10.2 Å². The number of anilines is 1. The minimum absolute atomic E-state index is 0.000378. The summed E-state index contributed by atoms with van der Waals surface area (Å²) in [7, 11) is -4.41. The second kappa shape index (κ2) is 5.57. The molecule has 2 rings (SSSR count). The zero-order chi connectivity index (χ0) is 15.5. The molecule has 0 atom stereocenters. The van der Waals surface area contributed by atoms with Crippen molar-refractivity contribution in [1.82, 2.24) is 20.6 Å². The van der Waals surface area contributed by atoms with E-state index in [2.05, 4.69) is 25.9 Å². The van der Waals surface area contributed by atoms with E-state index in [0.29, 0.717) is 0 Å². The van der Waals surface area contributed by atoms with Gasteiger partial charge in [0.05, 0.1) is 10.6 Å². The van der Waals surface area contributed by atoms with Crippen molar-refractivity contribution in [3.05, 3.63) is 30.2 Å². The van der Waals surface area contributed by atoms with E-state index in [0.717, 1.165) is 24.4 Å². The number of aromatic nitrogens is 4. The van der Waals surface area contributed by atoms with Crippen LogP contribution in [0.15, 0.2) is 29.3 Å². The lowest BCUT2D eigenvalue weighted by Gasteiger charge is -2.06. The van der Waals surface area contributed by atoms with E-state index in [1.807, 2.05) is 0 Å². The molecule has 0 unspecified atom stereocenters. The molecule has 0 bridgehead atoms. The Morgan fingerprint density at radius 2 is 2.24 bits per heavy atom. The number of nitriles is 1. The second-order valence-corrected chi connectivity index (χ2v) is 5.13. The van der Waals surface area contributed by atoms with E-state index in [-0.39, 0.29) is 22.8 Å². The molecule has 0 spiro atoms. The molecule has 0 saturated carbocycles. The fourth-order valence-electron chi connectivity index (χ4n) is 1.36. The number of phenolic OH excluding ortho intramolecular Hbond substituents is 1. The molecule has 10 nitrogen and oxygen atoms in total. The van der Waals surface area contributed by atoms with Crippen LogP contribution in [0.4, 0.5) is 5.69 Å². The predicted octanol–water partition coefficient (Wildman–Crippen LogP) is 0.129. The van der Waals surface area contributed by atoms with Crippen molar-refractivity contribution in [1.29, 1.82) is 5.26 Å². The molecular weight excluding hydrogens is 300 g/mol. The van der Waals surface area contributed by atoms with E-state index < -0.39 is 15.0 Å². The maximum absolute atomic E-state index is 11.0. The Morgan fingerprint density at radius 1 is 1.48 bits per heavy atom. The van der Waals surface area contributed by atoms with E-state index in [9.17, 15) is 13.5 Å². The number of allylic oxidation sites excluding steroid dienone is 1.